The molecule has 0 bridgehead atoms. The average molecular weight is 452 g/mol. The summed E-state index contributed by atoms with van der Waals surface area (Å²) in [6.07, 6.45) is 2.87. The highest BCUT2D eigenvalue weighted by atomic mass is 32.1. The normalized spacial score (nSPS) is 10.8. The highest BCUT2D eigenvalue weighted by Gasteiger charge is 2.20. The smallest absolute Gasteiger partial charge is 0.348 e. The number of nitrogen functional groups attached to an aromatic ring is 1. The summed E-state index contributed by atoms with van der Waals surface area (Å²) < 4.78 is 15.4. The monoisotopic (exact) mass is 452 g/mol. The van der Waals surface area contributed by atoms with Crippen LogP contribution in [0.1, 0.15) is 33.5 Å². The number of thiophene rings is 1. The summed E-state index contributed by atoms with van der Waals surface area (Å²) in [5, 5.41) is 9.10. The van der Waals surface area contributed by atoms with E-state index in [1.54, 1.807) is 44.2 Å². The van der Waals surface area contributed by atoms with E-state index in [1.165, 1.54) is 6.08 Å². The Morgan fingerprint density at radius 3 is 2.66 bits per heavy atom. The van der Waals surface area contributed by atoms with Crippen molar-refractivity contribution in [3.8, 4) is 11.8 Å². The first kappa shape index (κ1) is 22.7. The van der Waals surface area contributed by atoms with Crippen molar-refractivity contribution in [3.63, 3.8) is 0 Å². The number of rotatable bonds is 8. The predicted molar refractivity (Wildman–Crippen MR) is 119 cm³/mol. The molecule has 0 aliphatic rings. The van der Waals surface area contributed by atoms with Crippen LogP contribution in [0.4, 0.5) is 5.82 Å². The molecule has 32 heavy (non-hydrogen) atoms. The Labute approximate surface area is 188 Å². The van der Waals surface area contributed by atoms with Gasteiger partial charge in [-0.05, 0) is 43.2 Å². The third-order valence-corrected chi connectivity index (χ3v) is 5.43. The van der Waals surface area contributed by atoms with Crippen molar-refractivity contribution in [2.24, 2.45) is 0 Å². The summed E-state index contributed by atoms with van der Waals surface area (Å²) in [6, 6.07) is 8.77. The van der Waals surface area contributed by atoms with Gasteiger partial charge in [0, 0.05) is 6.08 Å². The van der Waals surface area contributed by atoms with Crippen molar-refractivity contribution in [2.75, 3.05) is 18.9 Å². The second kappa shape index (κ2) is 10.4. The number of aryl methyl sites for hydroxylation is 1. The Morgan fingerprint density at radius 1 is 1.22 bits per heavy atom. The van der Waals surface area contributed by atoms with E-state index >= 15 is 0 Å². The van der Waals surface area contributed by atoms with Crippen molar-refractivity contribution >= 4 is 45.4 Å². The zero-order chi connectivity index (χ0) is 23.1. The first-order valence-electron chi connectivity index (χ1n) is 9.60. The number of hydrogen-bond acceptors (Lipinski definition) is 10. The number of esters is 2. The number of aromatic nitrogens is 2. The minimum atomic E-state index is -0.577. The van der Waals surface area contributed by atoms with Crippen LogP contribution in [0.15, 0.2) is 30.3 Å². The van der Waals surface area contributed by atoms with Crippen LogP contribution in [0.3, 0.4) is 0 Å². The van der Waals surface area contributed by atoms with Crippen LogP contribution in [0, 0.1) is 18.3 Å². The van der Waals surface area contributed by atoms with Crippen LogP contribution in [0.5, 0.6) is 5.75 Å². The molecule has 0 saturated heterocycles. The molecule has 10 heteroatoms. The van der Waals surface area contributed by atoms with Gasteiger partial charge in [0.1, 0.15) is 27.3 Å². The summed E-state index contributed by atoms with van der Waals surface area (Å²) in [5.41, 5.74) is 7.47. The molecule has 0 unspecified atom stereocenters. The highest BCUT2D eigenvalue weighted by molar-refractivity contribution is 7.20. The lowest BCUT2D eigenvalue weighted by atomic mass is 10.2. The van der Waals surface area contributed by atoms with Crippen molar-refractivity contribution < 1.29 is 23.8 Å². The van der Waals surface area contributed by atoms with E-state index < -0.39 is 11.9 Å². The van der Waals surface area contributed by atoms with E-state index in [0.717, 1.165) is 16.9 Å². The van der Waals surface area contributed by atoms with Gasteiger partial charge in [0.05, 0.1) is 12.0 Å². The lowest BCUT2D eigenvalue weighted by Gasteiger charge is -2.04. The number of hydrogen-bond donors (Lipinski definition) is 1. The second-order valence-electron chi connectivity index (χ2n) is 6.44. The first-order valence-corrected chi connectivity index (χ1v) is 10.4. The van der Waals surface area contributed by atoms with Crippen molar-refractivity contribution in [2.45, 2.75) is 20.5 Å². The Hall–Kier alpha value is -3.97. The molecule has 164 valence electrons. The minimum Gasteiger partial charge on any atom is -0.479 e. The number of carbonyl (C=O) groups is 2. The van der Waals surface area contributed by atoms with Gasteiger partial charge in [-0.3, -0.25) is 0 Å². The topological polar surface area (TPSA) is 137 Å². The molecule has 9 nitrogen and oxygen atoms in total. The number of fused-ring (bicyclic) bond motifs is 1. The minimum absolute atomic E-state index is 0.0327. The van der Waals surface area contributed by atoms with E-state index in [1.807, 2.05) is 6.07 Å². The molecular formula is C22H20N4O5S. The maximum atomic E-state index is 12.1. The van der Waals surface area contributed by atoms with Crippen LogP contribution in [0.2, 0.25) is 0 Å². The predicted octanol–water partition coefficient (Wildman–Crippen LogP) is 3.42. The highest BCUT2D eigenvalue weighted by Crippen LogP contribution is 2.33. The summed E-state index contributed by atoms with van der Waals surface area (Å²) in [5.74, 6) is -0.0137. The van der Waals surface area contributed by atoms with Gasteiger partial charge < -0.3 is 19.9 Å². The van der Waals surface area contributed by atoms with Crippen molar-refractivity contribution in [1.82, 2.24) is 9.97 Å². The van der Waals surface area contributed by atoms with E-state index in [9.17, 15) is 9.59 Å². The Kier molecular flexibility index (Phi) is 7.36. The van der Waals surface area contributed by atoms with Gasteiger partial charge in [0.15, 0.2) is 19.0 Å². The largest absolute Gasteiger partial charge is 0.479 e. The van der Waals surface area contributed by atoms with E-state index in [-0.39, 0.29) is 31.5 Å². The molecule has 0 saturated carbocycles. The molecule has 0 aliphatic carbocycles. The Bertz CT molecular complexity index is 1210. The number of nitrogens with two attached hydrogens (primary N) is 1. The number of benzene rings is 1. The van der Waals surface area contributed by atoms with Gasteiger partial charge in [0.25, 0.3) is 0 Å². The molecule has 3 aromatic rings. The molecule has 1 aromatic carbocycles. The van der Waals surface area contributed by atoms with Crippen molar-refractivity contribution in [1.29, 1.82) is 5.26 Å². The lowest BCUT2D eigenvalue weighted by Crippen LogP contribution is -2.06. The molecule has 3 rings (SSSR count). The molecule has 0 radical (unpaired) electrons. The fourth-order valence-corrected chi connectivity index (χ4v) is 3.91. The third-order valence-electron chi connectivity index (χ3n) is 4.26. The van der Waals surface area contributed by atoms with Gasteiger partial charge in [-0.2, -0.15) is 5.26 Å². The van der Waals surface area contributed by atoms with Gasteiger partial charge in [-0.15, -0.1) is 11.3 Å². The maximum Gasteiger partial charge on any atom is 0.348 e. The van der Waals surface area contributed by atoms with Crippen LogP contribution >= 0.6 is 11.3 Å². The molecule has 0 amide bonds. The van der Waals surface area contributed by atoms with Gasteiger partial charge in [-0.25, -0.2) is 19.6 Å². The van der Waals surface area contributed by atoms with Gasteiger partial charge in [0.2, 0.25) is 0 Å². The van der Waals surface area contributed by atoms with E-state index in [0.29, 0.717) is 26.4 Å². The molecule has 0 fully saturated rings. The fourth-order valence-electron chi connectivity index (χ4n) is 2.81. The molecule has 2 heterocycles. The van der Waals surface area contributed by atoms with Crippen LogP contribution < -0.4 is 10.5 Å². The van der Waals surface area contributed by atoms with Crippen LogP contribution in [0.25, 0.3) is 16.3 Å². The number of nitrogens with zero attached hydrogens (tertiary/aromatic N) is 3. The number of carbonyl (C=O) groups excluding carboxylic acids is 2. The standard InChI is InChI=1S/C22H20N4O5S/c1-3-29-22(28)19-13(2)18-20(24)25-16(26-21(18)32-19)12-31-17(27)9-6-14-4-7-15(8-5-14)30-11-10-23/h4-9H,3,11-12H2,1-2H3,(H2,24,25,26)/b9-6+. The number of anilines is 1. The molecule has 2 aromatic heterocycles. The first-order chi connectivity index (χ1) is 15.4. The molecule has 2 N–H and O–H groups in total. The van der Waals surface area contributed by atoms with E-state index in [2.05, 4.69) is 9.97 Å². The zero-order valence-electron chi connectivity index (χ0n) is 17.5. The maximum absolute atomic E-state index is 12.1. The molecule has 0 aliphatic heterocycles. The zero-order valence-corrected chi connectivity index (χ0v) is 18.3. The lowest BCUT2D eigenvalue weighted by molar-refractivity contribution is -0.139. The Balaban J connectivity index is 1.65. The van der Waals surface area contributed by atoms with Gasteiger partial charge in [-0.1, -0.05) is 12.1 Å². The molecular weight excluding hydrogens is 432 g/mol. The Morgan fingerprint density at radius 2 is 1.97 bits per heavy atom. The number of nitriles is 1. The summed E-state index contributed by atoms with van der Waals surface area (Å²) in [6.45, 7) is 3.56. The fraction of sp³-hybridized carbons (Fsp3) is 0.227. The van der Waals surface area contributed by atoms with Crippen molar-refractivity contribution in [3.05, 3.63) is 52.2 Å². The quantitative estimate of drug-likeness (QED) is 0.402. The molecule has 0 spiro atoms. The third kappa shape index (κ3) is 5.39. The summed E-state index contributed by atoms with van der Waals surface area (Å²) >= 11 is 1.16. The SMILES string of the molecule is CCOC(=O)c1sc2nc(COC(=O)/C=C/c3ccc(OCC#N)cc3)nc(N)c2c1C. The van der Waals surface area contributed by atoms with Gasteiger partial charge >= 0.3 is 11.9 Å². The number of ether oxygens (including phenoxy) is 3. The van der Waals surface area contributed by atoms with E-state index in [4.69, 9.17) is 25.2 Å². The molecule has 0 atom stereocenters. The average Bonchev–Trinajstić information content (AvgIpc) is 3.12. The van der Waals surface area contributed by atoms with Crippen LogP contribution in [-0.2, 0) is 20.9 Å². The van der Waals surface area contributed by atoms with Crippen LogP contribution in [-0.4, -0.2) is 35.1 Å². The summed E-state index contributed by atoms with van der Waals surface area (Å²) in [7, 11) is 0. The second-order valence-corrected chi connectivity index (χ2v) is 7.44. The summed E-state index contributed by atoms with van der Waals surface area (Å²) in [4.78, 5) is 33.7.